The highest BCUT2D eigenvalue weighted by molar-refractivity contribution is 7.55. The first kappa shape index (κ1) is 9.21. The lowest BCUT2D eigenvalue weighted by Crippen LogP contribution is -1.85. The molecule has 0 saturated heterocycles. The molecule has 1 aliphatic rings. The molecule has 1 heterocycles. The van der Waals surface area contributed by atoms with E-state index < -0.39 is 0 Å². The van der Waals surface area contributed by atoms with Gasteiger partial charge in [0.15, 0.2) is 8.46 Å². The van der Waals surface area contributed by atoms with Crippen LogP contribution in [-0.4, -0.2) is 0 Å². The van der Waals surface area contributed by atoms with Crippen molar-refractivity contribution in [3.63, 3.8) is 0 Å². The van der Waals surface area contributed by atoms with Crippen molar-refractivity contribution < 1.29 is 4.57 Å². The van der Waals surface area contributed by atoms with Gasteiger partial charge in [0.2, 0.25) is 0 Å². The maximum absolute atomic E-state index is 10.8. The SMILES string of the molecule is O=Pc1ccc2c(p1)Cc1ccccc1-2. The topological polar surface area (TPSA) is 17.1 Å². The fourth-order valence-corrected chi connectivity index (χ4v) is 3.69. The molecule has 0 fully saturated rings. The molecule has 1 nitrogen and oxygen atoms in total. The molecule has 72 valence electrons. The summed E-state index contributed by atoms with van der Waals surface area (Å²) in [5, 5.41) is 2.35. The van der Waals surface area contributed by atoms with E-state index in [1.165, 1.54) is 22.0 Å². The van der Waals surface area contributed by atoms with Crippen LogP contribution in [0, 0.1) is 0 Å². The van der Waals surface area contributed by atoms with E-state index in [0.717, 1.165) is 19.6 Å². The first-order valence-electron chi connectivity index (χ1n) is 4.80. The zero-order valence-electron chi connectivity index (χ0n) is 7.97. The molecule has 1 aromatic carbocycles. The molecule has 3 heteroatoms. The average molecular weight is 230 g/mol. The van der Waals surface area contributed by atoms with E-state index in [1.807, 2.05) is 6.07 Å². The van der Waals surface area contributed by atoms with Crippen molar-refractivity contribution in [1.82, 2.24) is 0 Å². The van der Waals surface area contributed by atoms with Gasteiger partial charge in [-0.05, 0) is 28.1 Å². The Kier molecular flexibility index (Phi) is 2.16. The van der Waals surface area contributed by atoms with E-state index in [-0.39, 0.29) is 8.46 Å². The van der Waals surface area contributed by atoms with Gasteiger partial charge >= 0.3 is 0 Å². The predicted molar refractivity (Wildman–Crippen MR) is 64.4 cm³/mol. The molecule has 15 heavy (non-hydrogen) atoms. The van der Waals surface area contributed by atoms with Crippen LogP contribution in [0.3, 0.4) is 0 Å². The zero-order chi connectivity index (χ0) is 10.3. The lowest BCUT2D eigenvalue weighted by molar-refractivity contribution is 0.603. The molecule has 0 bridgehead atoms. The van der Waals surface area contributed by atoms with E-state index in [0.29, 0.717) is 0 Å². The normalized spacial score (nSPS) is 13.1. The molecule has 3 rings (SSSR count). The summed E-state index contributed by atoms with van der Waals surface area (Å²) >= 11 is 0. The van der Waals surface area contributed by atoms with Gasteiger partial charge in [0.1, 0.15) is 0 Å². The van der Waals surface area contributed by atoms with Gasteiger partial charge in [-0.25, -0.2) is 0 Å². The van der Waals surface area contributed by atoms with Gasteiger partial charge in [-0.15, -0.1) is 0 Å². The third kappa shape index (κ3) is 1.44. The van der Waals surface area contributed by atoms with E-state index >= 15 is 0 Å². The Morgan fingerprint density at radius 1 is 1.07 bits per heavy atom. The molecule has 1 aliphatic carbocycles. The maximum Gasteiger partial charge on any atom is 0.197 e. The van der Waals surface area contributed by atoms with Crippen LogP contribution in [0.4, 0.5) is 0 Å². The monoisotopic (exact) mass is 230 g/mol. The highest BCUT2D eigenvalue weighted by Gasteiger charge is 2.18. The van der Waals surface area contributed by atoms with E-state index in [4.69, 9.17) is 0 Å². The fraction of sp³-hybridized carbons (Fsp3) is 0.0833. The molecule has 1 aromatic heterocycles. The summed E-state index contributed by atoms with van der Waals surface area (Å²) in [7, 11) is 1.28. The molecule has 0 saturated carbocycles. The highest BCUT2D eigenvalue weighted by atomic mass is 31.1. The first-order chi connectivity index (χ1) is 7.38. The van der Waals surface area contributed by atoms with Crippen molar-refractivity contribution in [2.45, 2.75) is 6.42 Å². The Hall–Kier alpha value is -1.03. The van der Waals surface area contributed by atoms with Crippen LogP contribution in [0.5, 0.6) is 0 Å². The highest BCUT2D eigenvalue weighted by Crippen LogP contribution is 2.39. The number of rotatable bonds is 1. The molecule has 0 aliphatic heterocycles. The summed E-state index contributed by atoms with van der Waals surface area (Å²) in [6.07, 6.45) is 1.01. The van der Waals surface area contributed by atoms with Crippen molar-refractivity contribution in [3.8, 4) is 11.1 Å². The minimum absolute atomic E-state index is 0.150. The Bertz CT molecular complexity index is 549. The van der Waals surface area contributed by atoms with Crippen LogP contribution in [0.2, 0.25) is 0 Å². The van der Waals surface area contributed by atoms with Gasteiger partial charge in [-0.2, -0.15) is 0 Å². The summed E-state index contributed by atoms with van der Waals surface area (Å²) in [5.41, 5.74) is 4.07. The predicted octanol–water partition coefficient (Wildman–Crippen LogP) is 3.75. The average Bonchev–Trinajstić information content (AvgIpc) is 2.66. The van der Waals surface area contributed by atoms with Crippen LogP contribution < -0.4 is 5.04 Å². The summed E-state index contributed by atoms with van der Waals surface area (Å²) in [6, 6.07) is 12.6. The second-order valence-electron chi connectivity index (χ2n) is 3.59. The lowest BCUT2D eigenvalue weighted by atomic mass is 10.1. The Morgan fingerprint density at radius 2 is 1.93 bits per heavy atom. The number of benzene rings is 1. The van der Waals surface area contributed by atoms with Crippen molar-refractivity contribution in [1.29, 1.82) is 0 Å². The molecule has 0 amide bonds. The summed E-state index contributed by atoms with van der Waals surface area (Å²) in [6.45, 7) is 0. The smallest absolute Gasteiger partial charge is 0.197 e. The zero-order valence-corrected chi connectivity index (χ0v) is 9.76. The second kappa shape index (κ2) is 3.52. The molecule has 0 spiro atoms. The van der Waals surface area contributed by atoms with Crippen LogP contribution in [0.15, 0.2) is 36.4 Å². The summed E-state index contributed by atoms with van der Waals surface area (Å²) < 4.78 is 10.8. The molecular formula is C12H8OP2. The molecule has 0 N–H and O–H groups in total. The van der Waals surface area contributed by atoms with Gasteiger partial charge in [0, 0.05) is 6.42 Å². The minimum atomic E-state index is 0.150. The molecular weight excluding hydrogens is 222 g/mol. The van der Waals surface area contributed by atoms with Gasteiger partial charge in [0.25, 0.3) is 0 Å². The van der Waals surface area contributed by atoms with E-state index in [2.05, 4.69) is 30.3 Å². The van der Waals surface area contributed by atoms with Gasteiger partial charge in [-0.3, -0.25) is 4.57 Å². The van der Waals surface area contributed by atoms with Crippen LogP contribution in [0.1, 0.15) is 10.9 Å². The van der Waals surface area contributed by atoms with Gasteiger partial charge in [0.05, 0.1) is 5.04 Å². The first-order valence-corrected chi connectivity index (χ1v) is 6.51. The Balaban J connectivity index is 2.22. The second-order valence-corrected chi connectivity index (χ2v) is 5.85. The molecule has 2 aromatic rings. The van der Waals surface area contributed by atoms with Gasteiger partial charge < -0.3 is 0 Å². The summed E-state index contributed by atoms with van der Waals surface area (Å²) in [5.74, 6) is 0. The Morgan fingerprint density at radius 3 is 2.80 bits per heavy atom. The largest absolute Gasteiger partial charge is 0.269 e. The number of hydrogen-bond acceptors (Lipinski definition) is 1. The Labute approximate surface area is 91.5 Å². The number of fused-ring (bicyclic) bond motifs is 3. The third-order valence-corrected chi connectivity index (χ3v) is 4.65. The van der Waals surface area contributed by atoms with E-state index in [9.17, 15) is 4.57 Å². The van der Waals surface area contributed by atoms with Crippen molar-refractivity contribution in [3.05, 3.63) is 47.3 Å². The maximum atomic E-state index is 10.8. The van der Waals surface area contributed by atoms with Crippen molar-refractivity contribution in [2.75, 3.05) is 0 Å². The van der Waals surface area contributed by atoms with Crippen LogP contribution in [0.25, 0.3) is 11.1 Å². The van der Waals surface area contributed by atoms with Crippen molar-refractivity contribution in [2.24, 2.45) is 0 Å². The minimum Gasteiger partial charge on any atom is -0.269 e. The standard InChI is InChI=1S/C12H8OP2/c13-15-12-6-5-10-9-4-2-1-3-8(9)7-11(10)14-12/h1-6H,7H2. The molecule has 0 atom stereocenters. The lowest BCUT2D eigenvalue weighted by Gasteiger charge is -1.99. The van der Waals surface area contributed by atoms with Crippen molar-refractivity contribution >= 4 is 21.7 Å². The quantitative estimate of drug-likeness (QED) is 0.582. The fourth-order valence-electron chi connectivity index (χ4n) is 2.04. The van der Waals surface area contributed by atoms with Crippen LogP contribution >= 0.6 is 16.7 Å². The van der Waals surface area contributed by atoms with Gasteiger partial charge in [-0.1, -0.05) is 38.5 Å². The third-order valence-electron chi connectivity index (χ3n) is 2.72. The number of hydrogen-bond donors (Lipinski definition) is 0. The molecule has 0 unspecified atom stereocenters. The van der Waals surface area contributed by atoms with Crippen LogP contribution in [-0.2, 0) is 11.0 Å². The van der Waals surface area contributed by atoms with E-state index in [1.54, 1.807) is 0 Å². The molecule has 0 radical (unpaired) electrons. The summed E-state index contributed by atoms with van der Waals surface area (Å²) in [4.78, 5) is 0.